The maximum absolute atomic E-state index is 5.74. The van der Waals surface area contributed by atoms with E-state index < -0.39 is 0 Å². The number of hydrogen-bond donors (Lipinski definition) is 0. The molecule has 0 N–H and O–H groups in total. The van der Waals surface area contributed by atoms with Crippen LogP contribution >= 0.6 is 0 Å². The molecule has 1 heterocycles. The summed E-state index contributed by atoms with van der Waals surface area (Å²) in [6, 6.07) is 0. The number of allylic oxidation sites excluding steroid dienone is 3. The molecule has 0 radical (unpaired) electrons. The summed E-state index contributed by atoms with van der Waals surface area (Å²) in [5.74, 6) is 1.35. The first-order chi connectivity index (χ1) is 9.42. The van der Waals surface area contributed by atoms with Crippen molar-refractivity contribution < 1.29 is 14.2 Å². The van der Waals surface area contributed by atoms with Crippen LogP contribution in [0.3, 0.4) is 0 Å². The van der Waals surface area contributed by atoms with Crippen molar-refractivity contribution in [2.75, 3.05) is 26.4 Å². The highest BCUT2D eigenvalue weighted by atomic mass is 16.7. The van der Waals surface area contributed by atoms with Crippen molar-refractivity contribution in [1.29, 1.82) is 0 Å². The molecule has 0 aromatic heterocycles. The van der Waals surface area contributed by atoms with Crippen molar-refractivity contribution in [2.45, 2.75) is 38.4 Å². The van der Waals surface area contributed by atoms with Crippen LogP contribution in [0, 0.1) is 11.8 Å². The molecule has 1 aliphatic heterocycles. The second-order valence-corrected chi connectivity index (χ2v) is 5.71. The van der Waals surface area contributed by atoms with Crippen LogP contribution in [0.5, 0.6) is 0 Å². The molecule has 3 nitrogen and oxygen atoms in total. The minimum absolute atomic E-state index is 0.0344. The zero-order valence-corrected chi connectivity index (χ0v) is 11.6. The molecule has 3 aliphatic rings. The Kier molecular flexibility index (Phi) is 4.70. The van der Waals surface area contributed by atoms with Gasteiger partial charge in [0.15, 0.2) is 6.29 Å². The van der Waals surface area contributed by atoms with Gasteiger partial charge in [-0.25, -0.2) is 0 Å². The monoisotopic (exact) mass is 264 g/mol. The fourth-order valence-electron chi connectivity index (χ4n) is 3.09. The highest BCUT2D eigenvalue weighted by molar-refractivity contribution is 5.30. The Morgan fingerprint density at radius 2 is 2.21 bits per heavy atom. The molecule has 3 heteroatoms. The molecule has 0 aromatic carbocycles. The zero-order chi connectivity index (χ0) is 12.9. The van der Waals surface area contributed by atoms with E-state index in [0.717, 1.165) is 39.3 Å². The first-order valence-corrected chi connectivity index (χ1v) is 7.62. The van der Waals surface area contributed by atoms with Crippen LogP contribution in [0.1, 0.15) is 32.1 Å². The van der Waals surface area contributed by atoms with Crippen molar-refractivity contribution in [3.8, 4) is 0 Å². The van der Waals surface area contributed by atoms with E-state index >= 15 is 0 Å². The van der Waals surface area contributed by atoms with Gasteiger partial charge in [0.05, 0.1) is 13.2 Å². The van der Waals surface area contributed by atoms with Crippen LogP contribution in [0.2, 0.25) is 0 Å². The van der Waals surface area contributed by atoms with Crippen molar-refractivity contribution in [3.05, 3.63) is 23.8 Å². The van der Waals surface area contributed by atoms with Crippen LogP contribution in [-0.2, 0) is 14.2 Å². The summed E-state index contributed by atoms with van der Waals surface area (Å²) in [4.78, 5) is 0. The summed E-state index contributed by atoms with van der Waals surface area (Å²) in [6.07, 6.45) is 12.7. The third-order valence-corrected chi connectivity index (χ3v) is 4.16. The second-order valence-electron chi connectivity index (χ2n) is 5.71. The van der Waals surface area contributed by atoms with E-state index in [1.54, 1.807) is 0 Å². The molecule has 2 aliphatic carbocycles. The first-order valence-electron chi connectivity index (χ1n) is 7.62. The normalized spacial score (nSPS) is 32.8. The molecule has 2 bridgehead atoms. The summed E-state index contributed by atoms with van der Waals surface area (Å²) in [5.41, 5.74) is 1.48. The van der Waals surface area contributed by atoms with Crippen LogP contribution in [-0.4, -0.2) is 32.7 Å². The van der Waals surface area contributed by atoms with Gasteiger partial charge in [-0.1, -0.05) is 18.2 Å². The van der Waals surface area contributed by atoms with Crippen LogP contribution in [0.4, 0.5) is 0 Å². The van der Waals surface area contributed by atoms with Gasteiger partial charge < -0.3 is 14.2 Å². The van der Waals surface area contributed by atoms with Gasteiger partial charge in [0.2, 0.25) is 0 Å². The minimum Gasteiger partial charge on any atom is -0.377 e. The smallest absolute Gasteiger partial charge is 0.157 e. The zero-order valence-electron chi connectivity index (χ0n) is 11.6. The summed E-state index contributed by atoms with van der Waals surface area (Å²) in [7, 11) is 0. The summed E-state index contributed by atoms with van der Waals surface area (Å²) in [5, 5.41) is 0. The highest BCUT2D eigenvalue weighted by Gasteiger charge is 2.27. The molecule has 1 saturated heterocycles. The largest absolute Gasteiger partial charge is 0.377 e. The van der Waals surface area contributed by atoms with Gasteiger partial charge in [-0.05, 0) is 43.6 Å². The van der Waals surface area contributed by atoms with Gasteiger partial charge in [0.25, 0.3) is 0 Å². The summed E-state index contributed by atoms with van der Waals surface area (Å²) < 4.78 is 16.9. The van der Waals surface area contributed by atoms with Gasteiger partial charge in [-0.3, -0.25) is 0 Å². The maximum Gasteiger partial charge on any atom is 0.157 e. The van der Waals surface area contributed by atoms with Crippen molar-refractivity contribution >= 4 is 0 Å². The standard InChI is InChI=1S/C16H24O3/c1-2-8-18-16(4-1)19-9-3-7-17-12-15-11-13-5-6-14(15)10-13/h5-6,11,13-14,16H,1-4,7-10,12H2/t13-,14+,16?/m0/s1. The highest BCUT2D eigenvalue weighted by Crippen LogP contribution is 2.38. The number of fused-ring (bicyclic) bond motifs is 2. The van der Waals surface area contributed by atoms with Crippen LogP contribution in [0.25, 0.3) is 0 Å². The average molecular weight is 264 g/mol. The molecule has 3 atom stereocenters. The molecule has 1 unspecified atom stereocenters. The van der Waals surface area contributed by atoms with Gasteiger partial charge in [-0.2, -0.15) is 0 Å². The quantitative estimate of drug-likeness (QED) is 0.522. The first kappa shape index (κ1) is 13.3. The molecule has 106 valence electrons. The Balaban J connectivity index is 1.21. The van der Waals surface area contributed by atoms with Gasteiger partial charge in [0.1, 0.15) is 0 Å². The molecule has 0 spiro atoms. The molecular weight excluding hydrogens is 240 g/mol. The van der Waals surface area contributed by atoms with E-state index in [1.165, 1.54) is 24.8 Å². The topological polar surface area (TPSA) is 27.7 Å². The number of rotatable bonds is 7. The van der Waals surface area contributed by atoms with Gasteiger partial charge >= 0.3 is 0 Å². The third-order valence-electron chi connectivity index (χ3n) is 4.16. The molecule has 0 amide bonds. The van der Waals surface area contributed by atoms with Crippen LogP contribution in [0.15, 0.2) is 23.8 Å². The summed E-state index contributed by atoms with van der Waals surface area (Å²) in [6.45, 7) is 3.18. The summed E-state index contributed by atoms with van der Waals surface area (Å²) >= 11 is 0. The molecule has 0 aromatic rings. The van der Waals surface area contributed by atoms with Gasteiger partial charge in [-0.15, -0.1) is 0 Å². The fourth-order valence-corrected chi connectivity index (χ4v) is 3.09. The predicted octanol–water partition coefficient (Wildman–Crippen LogP) is 3.07. The lowest BCUT2D eigenvalue weighted by atomic mass is 10.0. The van der Waals surface area contributed by atoms with E-state index in [2.05, 4.69) is 18.2 Å². The van der Waals surface area contributed by atoms with Crippen LogP contribution < -0.4 is 0 Å². The second kappa shape index (κ2) is 6.69. The van der Waals surface area contributed by atoms with Crippen molar-refractivity contribution in [1.82, 2.24) is 0 Å². The molecular formula is C16H24O3. The Morgan fingerprint density at radius 3 is 2.95 bits per heavy atom. The Hall–Kier alpha value is -0.640. The average Bonchev–Trinajstić information content (AvgIpc) is 3.06. The Morgan fingerprint density at radius 1 is 1.21 bits per heavy atom. The van der Waals surface area contributed by atoms with E-state index in [-0.39, 0.29) is 6.29 Å². The predicted molar refractivity (Wildman–Crippen MR) is 73.8 cm³/mol. The SMILES string of the molecule is C1=C[C@@H]2C[C@H]1C=C2COCCCOC1CCCCO1. The lowest BCUT2D eigenvalue weighted by Gasteiger charge is -2.22. The van der Waals surface area contributed by atoms with E-state index in [4.69, 9.17) is 14.2 Å². The van der Waals surface area contributed by atoms with Crippen molar-refractivity contribution in [2.24, 2.45) is 11.8 Å². The van der Waals surface area contributed by atoms with E-state index in [1.807, 2.05) is 0 Å². The lowest BCUT2D eigenvalue weighted by molar-refractivity contribution is -0.164. The van der Waals surface area contributed by atoms with E-state index in [9.17, 15) is 0 Å². The van der Waals surface area contributed by atoms with Crippen molar-refractivity contribution in [3.63, 3.8) is 0 Å². The van der Waals surface area contributed by atoms with E-state index in [0.29, 0.717) is 11.8 Å². The van der Waals surface area contributed by atoms with Gasteiger partial charge in [0, 0.05) is 19.1 Å². The molecule has 0 saturated carbocycles. The lowest BCUT2D eigenvalue weighted by Crippen LogP contribution is -2.23. The Labute approximate surface area is 115 Å². The maximum atomic E-state index is 5.74. The molecule has 19 heavy (non-hydrogen) atoms. The fraction of sp³-hybridized carbons (Fsp3) is 0.750. The number of ether oxygens (including phenoxy) is 3. The molecule has 1 fully saturated rings. The Bertz CT molecular complexity index is 342. The minimum atomic E-state index is 0.0344. The molecule has 3 rings (SSSR count). The number of hydrogen-bond acceptors (Lipinski definition) is 3. The third kappa shape index (κ3) is 3.68.